The highest BCUT2D eigenvalue weighted by molar-refractivity contribution is 7.88. The third-order valence-corrected chi connectivity index (χ3v) is 6.50. The third kappa shape index (κ3) is 4.25. The molecule has 0 spiro atoms. The minimum Gasteiger partial charge on any atom is -0.382 e. The number of hydrogen-bond donors (Lipinski definition) is 2. The van der Waals surface area contributed by atoms with Crippen molar-refractivity contribution < 1.29 is 22.0 Å². The average molecular weight is 416 g/mol. The zero-order valence-corrected chi connectivity index (χ0v) is 16.0. The van der Waals surface area contributed by atoms with Gasteiger partial charge in [0.15, 0.2) is 5.13 Å². The molecule has 2 heterocycles. The molecule has 0 bridgehead atoms. The molecule has 2 aromatic rings. The number of nitrogens with two attached hydrogens (primary N) is 1. The first-order valence-electron chi connectivity index (χ1n) is 8.13. The zero-order valence-electron chi connectivity index (χ0n) is 14.4. The molecule has 1 atom stereocenters. The number of rotatable bonds is 5. The van der Waals surface area contributed by atoms with Gasteiger partial charge >= 0.3 is 0 Å². The van der Waals surface area contributed by atoms with Crippen LogP contribution in [0.25, 0.3) is 0 Å². The minimum absolute atomic E-state index is 0.0720. The van der Waals surface area contributed by atoms with Crippen LogP contribution in [0.15, 0.2) is 18.2 Å². The lowest BCUT2D eigenvalue weighted by Gasteiger charge is -2.31. The van der Waals surface area contributed by atoms with E-state index < -0.39 is 33.0 Å². The minimum atomic E-state index is -3.30. The molecule has 146 valence electrons. The Hall–Kier alpha value is -2.11. The molecule has 27 heavy (non-hydrogen) atoms. The Morgan fingerprint density at radius 3 is 2.67 bits per heavy atom. The lowest BCUT2D eigenvalue weighted by molar-refractivity contribution is 0.103. The number of nitrogens with one attached hydrogen (secondary N) is 1. The average Bonchev–Trinajstić information content (AvgIpc) is 2.94. The van der Waals surface area contributed by atoms with Crippen LogP contribution >= 0.6 is 11.3 Å². The van der Waals surface area contributed by atoms with Gasteiger partial charge in [-0.05, 0) is 25.0 Å². The fourth-order valence-corrected chi connectivity index (χ4v) is 4.74. The van der Waals surface area contributed by atoms with Crippen LogP contribution in [0.5, 0.6) is 0 Å². The van der Waals surface area contributed by atoms with Crippen LogP contribution in [-0.2, 0) is 10.0 Å². The van der Waals surface area contributed by atoms with Crippen LogP contribution in [0.2, 0.25) is 0 Å². The van der Waals surface area contributed by atoms with Crippen molar-refractivity contribution in [2.75, 3.05) is 30.4 Å². The van der Waals surface area contributed by atoms with Gasteiger partial charge < -0.3 is 11.1 Å². The zero-order chi connectivity index (χ0) is 19.8. The summed E-state index contributed by atoms with van der Waals surface area (Å²) in [6.45, 7) is 0.719. The number of ketones is 1. The van der Waals surface area contributed by atoms with Gasteiger partial charge in [-0.2, -0.15) is 0 Å². The summed E-state index contributed by atoms with van der Waals surface area (Å²) in [5.74, 6) is -2.96. The van der Waals surface area contributed by atoms with Crippen molar-refractivity contribution in [3.63, 3.8) is 0 Å². The first kappa shape index (κ1) is 19.6. The van der Waals surface area contributed by atoms with Crippen LogP contribution in [0.4, 0.5) is 19.7 Å². The first-order chi connectivity index (χ1) is 12.7. The summed E-state index contributed by atoms with van der Waals surface area (Å²) in [6.07, 6.45) is 2.55. The number of aromatic nitrogens is 1. The SMILES string of the molecule is CS(=O)(=O)N1CCC[C@@H](Nc2nc(N)c(C(=O)c3c(F)cccc3F)s2)C1. The van der Waals surface area contributed by atoms with E-state index in [9.17, 15) is 22.0 Å². The van der Waals surface area contributed by atoms with Gasteiger partial charge in [0.05, 0.1) is 11.8 Å². The van der Waals surface area contributed by atoms with E-state index in [-0.39, 0.29) is 23.3 Å². The molecule has 1 saturated heterocycles. The number of hydrogen-bond acceptors (Lipinski definition) is 7. The highest BCUT2D eigenvalue weighted by atomic mass is 32.2. The van der Waals surface area contributed by atoms with E-state index in [0.717, 1.165) is 36.1 Å². The lowest BCUT2D eigenvalue weighted by Crippen LogP contribution is -2.44. The highest BCUT2D eigenvalue weighted by Gasteiger charge is 2.28. The van der Waals surface area contributed by atoms with Crippen LogP contribution < -0.4 is 11.1 Å². The predicted molar refractivity (Wildman–Crippen MR) is 99.4 cm³/mol. The van der Waals surface area contributed by atoms with E-state index in [1.54, 1.807) is 0 Å². The van der Waals surface area contributed by atoms with Gasteiger partial charge in [0.2, 0.25) is 15.8 Å². The summed E-state index contributed by atoms with van der Waals surface area (Å²) in [7, 11) is -3.30. The Kier molecular flexibility index (Phi) is 5.45. The Labute approximate surface area is 159 Å². The van der Waals surface area contributed by atoms with Crippen molar-refractivity contribution in [1.82, 2.24) is 9.29 Å². The smallest absolute Gasteiger partial charge is 0.212 e. The van der Waals surface area contributed by atoms with Gasteiger partial charge in [0, 0.05) is 19.1 Å². The van der Waals surface area contributed by atoms with Gasteiger partial charge in [0.1, 0.15) is 22.3 Å². The highest BCUT2D eigenvalue weighted by Crippen LogP contribution is 2.30. The maximum atomic E-state index is 13.9. The monoisotopic (exact) mass is 416 g/mol. The Bertz CT molecular complexity index is 958. The number of nitrogens with zero attached hydrogens (tertiary/aromatic N) is 2. The predicted octanol–water partition coefficient (Wildman–Crippen LogP) is 2.07. The molecule has 1 aromatic carbocycles. The summed E-state index contributed by atoms with van der Waals surface area (Å²) in [6, 6.07) is 2.96. The van der Waals surface area contributed by atoms with Gasteiger partial charge in [-0.3, -0.25) is 4.79 Å². The molecule has 0 aliphatic carbocycles. The van der Waals surface area contributed by atoms with E-state index in [0.29, 0.717) is 18.1 Å². The molecule has 1 aliphatic heterocycles. The number of sulfonamides is 1. The topological polar surface area (TPSA) is 105 Å². The molecule has 1 aliphatic rings. The largest absolute Gasteiger partial charge is 0.382 e. The molecule has 0 amide bonds. The van der Waals surface area contributed by atoms with Gasteiger partial charge in [-0.15, -0.1) is 0 Å². The number of carbonyl (C=O) groups excluding carboxylic acids is 1. The van der Waals surface area contributed by atoms with Crippen molar-refractivity contribution in [3.8, 4) is 0 Å². The normalized spacial score (nSPS) is 18.4. The van der Waals surface area contributed by atoms with Crippen LogP contribution in [0.3, 0.4) is 0 Å². The molecule has 7 nitrogen and oxygen atoms in total. The summed E-state index contributed by atoms with van der Waals surface area (Å²) < 4.78 is 52.5. The number of nitrogen functional groups attached to an aromatic ring is 1. The molecule has 3 rings (SSSR count). The van der Waals surface area contributed by atoms with E-state index in [1.807, 2.05) is 0 Å². The Morgan fingerprint density at radius 1 is 1.37 bits per heavy atom. The second-order valence-corrected chi connectivity index (χ2v) is 9.25. The molecule has 0 radical (unpaired) electrons. The van der Waals surface area contributed by atoms with Gasteiger partial charge in [-0.1, -0.05) is 17.4 Å². The van der Waals surface area contributed by atoms with Crippen molar-refractivity contribution in [3.05, 3.63) is 40.3 Å². The fraction of sp³-hybridized carbons (Fsp3) is 0.375. The summed E-state index contributed by atoms with van der Waals surface area (Å²) in [5, 5.41) is 3.36. The number of anilines is 2. The maximum absolute atomic E-state index is 13.9. The van der Waals surface area contributed by atoms with E-state index >= 15 is 0 Å². The number of benzene rings is 1. The van der Waals surface area contributed by atoms with Crippen LogP contribution in [0.1, 0.15) is 28.1 Å². The molecule has 1 fully saturated rings. The van der Waals surface area contributed by atoms with Gasteiger partial charge in [0.25, 0.3) is 0 Å². The summed E-state index contributed by atoms with van der Waals surface area (Å²) in [4.78, 5) is 16.5. The van der Waals surface area contributed by atoms with E-state index in [2.05, 4.69) is 10.3 Å². The second-order valence-electron chi connectivity index (χ2n) is 6.26. The van der Waals surface area contributed by atoms with E-state index in [4.69, 9.17) is 5.73 Å². The number of carbonyl (C=O) groups is 1. The molecule has 0 unspecified atom stereocenters. The van der Waals surface area contributed by atoms with Crippen LogP contribution in [0, 0.1) is 11.6 Å². The van der Waals surface area contributed by atoms with Crippen LogP contribution in [-0.4, -0.2) is 48.9 Å². The summed E-state index contributed by atoms with van der Waals surface area (Å²) in [5.41, 5.74) is 5.09. The van der Waals surface area contributed by atoms with E-state index in [1.165, 1.54) is 10.4 Å². The molecule has 3 N–H and O–H groups in total. The molecular formula is C16H18F2N4O3S2. The van der Waals surface area contributed by atoms with Crippen molar-refractivity contribution >= 4 is 38.1 Å². The molecule has 0 saturated carbocycles. The Balaban J connectivity index is 1.80. The summed E-state index contributed by atoms with van der Waals surface area (Å²) >= 11 is 0.884. The maximum Gasteiger partial charge on any atom is 0.212 e. The lowest BCUT2D eigenvalue weighted by atomic mass is 10.1. The number of thiazole rings is 1. The van der Waals surface area contributed by atoms with Gasteiger partial charge in [-0.25, -0.2) is 26.5 Å². The fourth-order valence-electron chi connectivity index (χ4n) is 2.92. The number of halogens is 2. The first-order valence-corrected chi connectivity index (χ1v) is 10.8. The molecule has 1 aromatic heterocycles. The third-order valence-electron chi connectivity index (χ3n) is 4.23. The van der Waals surface area contributed by atoms with Crippen molar-refractivity contribution in [2.45, 2.75) is 18.9 Å². The molecular weight excluding hydrogens is 398 g/mol. The van der Waals surface area contributed by atoms with Crippen molar-refractivity contribution in [1.29, 1.82) is 0 Å². The standard InChI is InChI=1S/C16H18F2N4O3S2/c1-27(24,25)22-7-3-4-9(8-22)20-16-21-15(19)14(26-16)13(23)12-10(17)5-2-6-11(12)18/h2,5-6,9H,3-4,7-8,19H2,1H3,(H,20,21)/t9-/m1/s1. The molecule has 11 heteroatoms. The number of piperidine rings is 1. The second kappa shape index (κ2) is 7.49. The van der Waals surface area contributed by atoms with Crippen molar-refractivity contribution in [2.24, 2.45) is 0 Å². The Morgan fingerprint density at radius 2 is 2.04 bits per heavy atom. The quantitative estimate of drug-likeness (QED) is 0.723.